The van der Waals surface area contributed by atoms with E-state index in [1.807, 2.05) is 48.5 Å². The summed E-state index contributed by atoms with van der Waals surface area (Å²) in [5, 5.41) is 2.79. The van der Waals surface area contributed by atoms with Gasteiger partial charge in [0, 0.05) is 13.7 Å². The third-order valence-corrected chi connectivity index (χ3v) is 4.64. The minimum absolute atomic E-state index is 0.00332. The van der Waals surface area contributed by atoms with Crippen LogP contribution in [-0.4, -0.2) is 12.5 Å². The molecule has 0 fully saturated rings. The summed E-state index contributed by atoms with van der Waals surface area (Å²) in [4.78, 5) is 11.7. The monoisotopic (exact) mass is 431 g/mol. The molecule has 2 aromatic rings. The molecule has 2 rings (SSSR count). The number of hydrogen-bond donors (Lipinski definition) is 1. The number of benzene rings is 2. The molecule has 0 heterocycles. The number of halogens is 2. The van der Waals surface area contributed by atoms with Gasteiger partial charge in [-0.25, -0.2) is 0 Å². The van der Waals surface area contributed by atoms with Crippen molar-refractivity contribution in [3.63, 3.8) is 0 Å². The average Bonchev–Trinajstić information content (AvgIpc) is 2.42. The van der Waals surface area contributed by atoms with Gasteiger partial charge in [0.15, 0.2) is 6.61 Å². The van der Waals surface area contributed by atoms with Crippen LogP contribution in [0.15, 0.2) is 53.0 Å². The van der Waals surface area contributed by atoms with Crippen LogP contribution < -0.4 is 10.1 Å². The highest BCUT2D eigenvalue weighted by molar-refractivity contribution is 14.1. The Kier molecular flexibility index (Phi) is 5.21. The first kappa shape index (κ1) is 14.3. The summed E-state index contributed by atoms with van der Waals surface area (Å²) in [5.41, 5.74) is 0.759. The third kappa shape index (κ3) is 4.50. The molecule has 98 valence electrons. The molecule has 0 unspecified atom stereocenters. The van der Waals surface area contributed by atoms with Crippen molar-refractivity contribution in [1.82, 2.24) is 0 Å². The number of amides is 1. The van der Waals surface area contributed by atoms with Gasteiger partial charge in [-0.2, -0.15) is 0 Å². The zero-order chi connectivity index (χ0) is 13.7. The molecule has 3 nitrogen and oxygen atoms in total. The third-order valence-electron chi connectivity index (χ3n) is 2.32. The molecule has 0 radical (unpaired) electrons. The summed E-state index contributed by atoms with van der Waals surface area (Å²) < 4.78 is 7.42. The van der Waals surface area contributed by atoms with Gasteiger partial charge in [0.1, 0.15) is 5.75 Å². The summed E-state index contributed by atoms with van der Waals surface area (Å²) >= 11 is 5.61. The van der Waals surface area contributed by atoms with Gasteiger partial charge in [0.25, 0.3) is 5.91 Å². The van der Waals surface area contributed by atoms with Crippen LogP contribution in [0, 0.1) is 3.57 Å². The first-order valence-electron chi connectivity index (χ1n) is 5.58. The van der Waals surface area contributed by atoms with E-state index in [-0.39, 0.29) is 12.5 Å². The van der Waals surface area contributed by atoms with Crippen LogP contribution in [0.3, 0.4) is 0 Å². The van der Waals surface area contributed by atoms with Crippen LogP contribution in [0.1, 0.15) is 0 Å². The van der Waals surface area contributed by atoms with E-state index in [2.05, 4.69) is 43.8 Å². The van der Waals surface area contributed by atoms with Crippen LogP contribution in [-0.2, 0) is 4.79 Å². The van der Waals surface area contributed by atoms with Crippen LogP contribution in [0.2, 0.25) is 0 Å². The van der Waals surface area contributed by atoms with Crippen molar-refractivity contribution in [1.29, 1.82) is 0 Å². The fourth-order valence-electron chi connectivity index (χ4n) is 1.44. The number of carbonyl (C=O) groups excluding carboxylic acids is 1. The van der Waals surface area contributed by atoms with Crippen molar-refractivity contribution < 1.29 is 9.53 Å². The molecular formula is C14H11BrINO2. The molecule has 0 aliphatic carbocycles. The predicted molar refractivity (Wildman–Crippen MR) is 87.4 cm³/mol. The SMILES string of the molecule is O=C(COc1ccccc1)Nc1ccc(Br)c(I)c1. The molecule has 0 aliphatic rings. The van der Waals surface area contributed by atoms with Gasteiger partial charge in [-0.15, -0.1) is 0 Å². The first-order valence-corrected chi connectivity index (χ1v) is 7.45. The summed E-state index contributed by atoms with van der Waals surface area (Å²) in [6.45, 7) is -0.00332. The predicted octanol–water partition coefficient (Wildman–Crippen LogP) is 4.07. The Labute approximate surface area is 133 Å². The Balaban J connectivity index is 1.89. The summed E-state index contributed by atoms with van der Waals surface area (Å²) in [5.74, 6) is 0.505. The summed E-state index contributed by atoms with van der Waals surface area (Å²) in [6, 6.07) is 14.9. The molecule has 2 aromatic carbocycles. The molecule has 0 spiro atoms. The Morgan fingerprint density at radius 1 is 1.21 bits per heavy atom. The van der Waals surface area contributed by atoms with E-state index in [0.29, 0.717) is 5.75 Å². The molecule has 0 aliphatic heterocycles. The summed E-state index contributed by atoms with van der Waals surface area (Å²) in [7, 11) is 0. The van der Waals surface area contributed by atoms with E-state index in [0.717, 1.165) is 13.7 Å². The first-order chi connectivity index (χ1) is 9.15. The largest absolute Gasteiger partial charge is 0.484 e. The molecule has 1 N–H and O–H groups in total. The molecule has 5 heteroatoms. The van der Waals surface area contributed by atoms with Crippen LogP contribution >= 0.6 is 38.5 Å². The maximum atomic E-state index is 11.7. The lowest BCUT2D eigenvalue weighted by atomic mass is 10.3. The second kappa shape index (κ2) is 6.91. The van der Waals surface area contributed by atoms with Crippen molar-refractivity contribution in [3.8, 4) is 5.75 Å². The van der Waals surface area contributed by atoms with Crippen LogP contribution in [0.5, 0.6) is 5.75 Å². The number of rotatable bonds is 4. The minimum atomic E-state index is -0.179. The fourth-order valence-corrected chi connectivity index (χ4v) is 2.20. The zero-order valence-corrected chi connectivity index (χ0v) is 13.6. The van der Waals surface area contributed by atoms with E-state index < -0.39 is 0 Å². The van der Waals surface area contributed by atoms with E-state index in [1.54, 1.807) is 0 Å². The highest BCUT2D eigenvalue weighted by Gasteiger charge is 2.05. The van der Waals surface area contributed by atoms with Gasteiger partial charge in [-0.05, 0) is 68.9 Å². The number of nitrogens with one attached hydrogen (secondary N) is 1. The van der Waals surface area contributed by atoms with Crippen molar-refractivity contribution in [2.24, 2.45) is 0 Å². The van der Waals surface area contributed by atoms with E-state index >= 15 is 0 Å². The number of ether oxygens (including phenoxy) is 1. The maximum absolute atomic E-state index is 11.7. The van der Waals surface area contributed by atoms with Gasteiger partial charge >= 0.3 is 0 Å². The second-order valence-corrected chi connectivity index (χ2v) is 5.80. The van der Waals surface area contributed by atoms with E-state index in [4.69, 9.17) is 4.74 Å². The second-order valence-electron chi connectivity index (χ2n) is 3.78. The Morgan fingerprint density at radius 2 is 1.95 bits per heavy atom. The van der Waals surface area contributed by atoms with Crippen molar-refractivity contribution in [2.75, 3.05) is 11.9 Å². The van der Waals surface area contributed by atoms with Crippen molar-refractivity contribution >= 4 is 50.1 Å². The smallest absolute Gasteiger partial charge is 0.262 e. The van der Waals surface area contributed by atoms with Crippen LogP contribution in [0.4, 0.5) is 5.69 Å². The van der Waals surface area contributed by atoms with E-state index in [1.165, 1.54) is 0 Å². The number of hydrogen-bond acceptors (Lipinski definition) is 2. The Bertz CT molecular complexity index is 575. The molecule has 0 bridgehead atoms. The Hall–Kier alpha value is -1.08. The quantitative estimate of drug-likeness (QED) is 0.741. The molecule has 0 atom stereocenters. The zero-order valence-electron chi connectivity index (χ0n) is 9.90. The van der Waals surface area contributed by atoms with Gasteiger partial charge in [-0.1, -0.05) is 18.2 Å². The highest BCUT2D eigenvalue weighted by atomic mass is 127. The summed E-state index contributed by atoms with van der Waals surface area (Å²) in [6.07, 6.45) is 0. The van der Waals surface area contributed by atoms with E-state index in [9.17, 15) is 4.79 Å². The Morgan fingerprint density at radius 3 is 2.63 bits per heavy atom. The van der Waals surface area contributed by atoms with Gasteiger partial charge in [-0.3, -0.25) is 4.79 Å². The molecule has 0 saturated carbocycles. The molecular weight excluding hydrogens is 421 g/mol. The average molecular weight is 432 g/mol. The van der Waals surface area contributed by atoms with Gasteiger partial charge in [0.05, 0.1) is 0 Å². The number of carbonyl (C=O) groups is 1. The highest BCUT2D eigenvalue weighted by Crippen LogP contribution is 2.22. The lowest BCUT2D eigenvalue weighted by Crippen LogP contribution is -2.20. The normalized spacial score (nSPS) is 10.0. The lowest BCUT2D eigenvalue weighted by molar-refractivity contribution is -0.118. The standard InChI is InChI=1S/C14H11BrINO2/c15-12-7-6-10(8-13(12)16)17-14(18)9-19-11-4-2-1-3-5-11/h1-8H,9H2,(H,17,18). The molecule has 0 aromatic heterocycles. The van der Waals surface area contributed by atoms with Crippen LogP contribution in [0.25, 0.3) is 0 Å². The number of anilines is 1. The number of para-hydroxylation sites is 1. The topological polar surface area (TPSA) is 38.3 Å². The van der Waals surface area contributed by atoms with Gasteiger partial charge in [0.2, 0.25) is 0 Å². The molecule has 19 heavy (non-hydrogen) atoms. The van der Waals surface area contributed by atoms with Crippen molar-refractivity contribution in [3.05, 3.63) is 56.6 Å². The van der Waals surface area contributed by atoms with Crippen molar-refractivity contribution in [2.45, 2.75) is 0 Å². The molecule has 1 amide bonds. The van der Waals surface area contributed by atoms with Gasteiger partial charge < -0.3 is 10.1 Å². The minimum Gasteiger partial charge on any atom is -0.484 e. The lowest BCUT2D eigenvalue weighted by Gasteiger charge is -2.08. The fraction of sp³-hybridized carbons (Fsp3) is 0.0714. The maximum Gasteiger partial charge on any atom is 0.262 e. The molecule has 0 saturated heterocycles.